The lowest BCUT2D eigenvalue weighted by Gasteiger charge is -2.41. The van der Waals surface area contributed by atoms with Crippen LogP contribution in [0.25, 0.3) is 0 Å². The third-order valence-electron chi connectivity index (χ3n) is 5.79. The molecule has 0 unspecified atom stereocenters. The summed E-state index contributed by atoms with van der Waals surface area (Å²) in [6.07, 6.45) is 1.48. The number of rotatable bonds is 4. The summed E-state index contributed by atoms with van der Waals surface area (Å²) in [5, 5.41) is 42.9. The van der Waals surface area contributed by atoms with Gasteiger partial charge in [-0.05, 0) is 17.1 Å². The highest BCUT2D eigenvalue weighted by molar-refractivity contribution is 6.03. The molecular weight excluding hydrogens is 402 g/mol. The Morgan fingerprint density at radius 2 is 1.77 bits per heavy atom. The number of aliphatic hydroxyl groups excluding tert-OH is 1. The van der Waals surface area contributed by atoms with E-state index >= 15 is 0 Å². The number of aliphatic hydroxyl groups is 1. The lowest BCUT2D eigenvalue weighted by atomic mass is 9.57. The molecule has 0 amide bonds. The molecule has 1 aromatic carbocycles. The fourth-order valence-corrected chi connectivity index (χ4v) is 4.40. The molecule has 0 bridgehead atoms. The second kappa shape index (κ2) is 7.44. The second-order valence-corrected chi connectivity index (χ2v) is 8.28. The molecule has 0 saturated heterocycles. The molecule has 3 rings (SSSR count). The molecule has 0 radical (unpaired) electrons. The Balaban J connectivity index is 2.39. The van der Waals surface area contributed by atoms with Gasteiger partial charge in [-0.15, -0.1) is 0 Å². The van der Waals surface area contributed by atoms with Gasteiger partial charge in [0, 0.05) is 24.3 Å². The molecule has 2 aliphatic rings. The summed E-state index contributed by atoms with van der Waals surface area (Å²) in [7, 11) is 2.69. The molecule has 2 aliphatic carbocycles. The number of methoxy groups -OCH3 is 2. The Morgan fingerprint density at radius 3 is 2.29 bits per heavy atom. The van der Waals surface area contributed by atoms with Crippen molar-refractivity contribution in [3.05, 3.63) is 50.8 Å². The zero-order valence-corrected chi connectivity index (χ0v) is 17.6. The fourth-order valence-electron chi connectivity index (χ4n) is 4.40. The Morgan fingerprint density at radius 1 is 1.19 bits per heavy atom. The standard InChI is InChI=1S/C22H21N3O6/c1-21(2)8-14-20(17(27)9-21)16(26)6-13(22(14,10-23)11-24)12-5-18(30-3)19(31-4)7-15(12)25(28)29/h5,7-8,13,26H,6,9H2,1-4H3/t13-/m1/s1. The summed E-state index contributed by atoms with van der Waals surface area (Å²) in [4.78, 5) is 24.0. The van der Waals surface area contributed by atoms with E-state index in [-0.39, 0.29) is 58.3 Å². The van der Waals surface area contributed by atoms with Gasteiger partial charge in [-0.1, -0.05) is 19.9 Å². The third kappa shape index (κ3) is 3.28. The van der Waals surface area contributed by atoms with Gasteiger partial charge in [0.1, 0.15) is 5.76 Å². The molecule has 0 fully saturated rings. The normalized spacial score (nSPS) is 21.3. The van der Waals surface area contributed by atoms with Crippen molar-refractivity contribution in [1.82, 2.24) is 0 Å². The lowest BCUT2D eigenvalue weighted by molar-refractivity contribution is -0.385. The molecule has 1 N–H and O–H groups in total. The number of carbonyl (C=O) groups excluding carboxylic acids is 1. The number of allylic oxidation sites excluding steroid dienone is 4. The molecule has 9 nitrogen and oxygen atoms in total. The molecule has 160 valence electrons. The van der Waals surface area contributed by atoms with E-state index in [9.17, 15) is 30.5 Å². The van der Waals surface area contributed by atoms with Crippen molar-refractivity contribution >= 4 is 11.5 Å². The maximum absolute atomic E-state index is 12.8. The van der Waals surface area contributed by atoms with E-state index in [1.165, 1.54) is 20.3 Å². The number of hydrogen-bond donors (Lipinski definition) is 1. The van der Waals surface area contributed by atoms with Crippen molar-refractivity contribution in [2.45, 2.75) is 32.6 Å². The van der Waals surface area contributed by atoms with Gasteiger partial charge in [0.05, 0.1) is 42.9 Å². The average Bonchev–Trinajstić information content (AvgIpc) is 2.71. The smallest absolute Gasteiger partial charge is 0.276 e. The molecule has 0 saturated carbocycles. The highest BCUT2D eigenvalue weighted by Gasteiger charge is 2.54. The van der Waals surface area contributed by atoms with Crippen LogP contribution in [0.1, 0.15) is 38.2 Å². The first kappa shape index (κ1) is 21.8. The molecule has 0 aliphatic heterocycles. The minimum Gasteiger partial charge on any atom is -0.512 e. The molecule has 0 spiro atoms. The number of Topliss-reactive ketones (excluding diaryl/α,β-unsaturated/α-hetero) is 1. The predicted octanol–water partition coefficient (Wildman–Crippen LogP) is 3.87. The first-order chi connectivity index (χ1) is 14.5. The Kier molecular flexibility index (Phi) is 5.24. The second-order valence-electron chi connectivity index (χ2n) is 8.28. The van der Waals surface area contributed by atoms with E-state index in [2.05, 4.69) is 0 Å². The maximum atomic E-state index is 12.8. The third-order valence-corrected chi connectivity index (χ3v) is 5.79. The summed E-state index contributed by atoms with van der Waals surface area (Å²) in [6, 6.07) is 6.52. The Bertz CT molecular complexity index is 1120. The number of nitrogens with zero attached hydrogens (tertiary/aromatic N) is 3. The van der Waals surface area contributed by atoms with E-state index < -0.39 is 21.7 Å². The monoisotopic (exact) mass is 423 g/mol. The number of nitro benzene ring substituents is 1. The number of nitriles is 2. The molecule has 1 aromatic rings. The minimum absolute atomic E-state index is 0.0353. The zero-order valence-electron chi connectivity index (χ0n) is 17.6. The van der Waals surface area contributed by atoms with Crippen LogP contribution in [-0.2, 0) is 4.79 Å². The number of nitro groups is 1. The number of benzene rings is 1. The van der Waals surface area contributed by atoms with Gasteiger partial charge in [-0.25, -0.2) is 0 Å². The van der Waals surface area contributed by atoms with Crippen LogP contribution in [0.2, 0.25) is 0 Å². The number of hydrogen-bond acceptors (Lipinski definition) is 8. The quantitative estimate of drug-likeness (QED) is 0.567. The van der Waals surface area contributed by atoms with Gasteiger partial charge < -0.3 is 14.6 Å². The van der Waals surface area contributed by atoms with Gasteiger partial charge in [0.25, 0.3) is 5.69 Å². The minimum atomic E-state index is -1.92. The lowest BCUT2D eigenvalue weighted by Crippen LogP contribution is -2.39. The van der Waals surface area contributed by atoms with Gasteiger partial charge in [0.2, 0.25) is 0 Å². The van der Waals surface area contributed by atoms with Crippen LogP contribution in [0, 0.1) is 43.6 Å². The van der Waals surface area contributed by atoms with Crippen LogP contribution in [0.5, 0.6) is 11.5 Å². The summed E-state index contributed by atoms with van der Waals surface area (Å²) in [5.41, 5.74) is -2.86. The molecule has 0 aromatic heterocycles. The molecule has 1 atom stereocenters. The molecule has 0 heterocycles. The first-order valence-electron chi connectivity index (χ1n) is 9.47. The van der Waals surface area contributed by atoms with Gasteiger partial charge in [-0.3, -0.25) is 14.9 Å². The molecular formula is C22H21N3O6. The Labute approximate surface area is 179 Å². The number of fused-ring (bicyclic) bond motifs is 1. The van der Waals surface area contributed by atoms with Crippen LogP contribution >= 0.6 is 0 Å². The van der Waals surface area contributed by atoms with Crippen molar-refractivity contribution in [1.29, 1.82) is 10.5 Å². The summed E-state index contributed by atoms with van der Waals surface area (Å²) < 4.78 is 10.4. The topological polar surface area (TPSA) is 146 Å². The van der Waals surface area contributed by atoms with E-state index in [0.717, 1.165) is 6.07 Å². The summed E-state index contributed by atoms with van der Waals surface area (Å²) in [5.74, 6) is -1.48. The molecule has 31 heavy (non-hydrogen) atoms. The van der Waals surface area contributed by atoms with Crippen molar-refractivity contribution in [2.75, 3.05) is 14.2 Å². The van der Waals surface area contributed by atoms with Crippen LogP contribution in [0.3, 0.4) is 0 Å². The highest BCUT2D eigenvalue weighted by Crippen LogP contribution is 2.57. The average molecular weight is 423 g/mol. The van der Waals surface area contributed by atoms with Gasteiger partial charge in [-0.2, -0.15) is 10.5 Å². The SMILES string of the molecule is COc1cc([C@H]2CC(O)=C3C(=O)CC(C)(C)C=C3C2(C#N)C#N)c([N+](=O)[O-])cc1OC. The van der Waals surface area contributed by atoms with Crippen LogP contribution in [0.4, 0.5) is 5.69 Å². The number of ether oxygens (including phenoxy) is 2. The van der Waals surface area contributed by atoms with Crippen molar-refractivity contribution < 1.29 is 24.3 Å². The van der Waals surface area contributed by atoms with Crippen molar-refractivity contribution in [2.24, 2.45) is 10.8 Å². The van der Waals surface area contributed by atoms with Gasteiger partial charge in [0.15, 0.2) is 22.7 Å². The number of carbonyl (C=O) groups is 1. The first-order valence-corrected chi connectivity index (χ1v) is 9.47. The van der Waals surface area contributed by atoms with Crippen LogP contribution < -0.4 is 9.47 Å². The fraction of sp³-hybridized carbons (Fsp3) is 0.409. The highest BCUT2D eigenvalue weighted by atomic mass is 16.6. The van der Waals surface area contributed by atoms with E-state index in [1.54, 1.807) is 19.9 Å². The van der Waals surface area contributed by atoms with E-state index in [0.29, 0.717) is 0 Å². The summed E-state index contributed by atoms with van der Waals surface area (Å²) in [6.45, 7) is 3.57. The van der Waals surface area contributed by atoms with E-state index in [4.69, 9.17) is 9.47 Å². The summed E-state index contributed by atoms with van der Waals surface area (Å²) >= 11 is 0. The van der Waals surface area contributed by atoms with Crippen molar-refractivity contribution in [3.8, 4) is 23.6 Å². The van der Waals surface area contributed by atoms with Crippen LogP contribution in [0.15, 0.2) is 35.1 Å². The molecule has 9 heteroatoms. The maximum Gasteiger partial charge on any atom is 0.276 e. The zero-order chi connectivity index (χ0) is 23.1. The number of ketones is 1. The largest absolute Gasteiger partial charge is 0.512 e. The predicted molar refractivity (Wildman–Crippen MR) is 108 cm³/mol. The Hall–Kier alpha value is -3.85. The van der Waals surface area contributed by atoms with Crippen molar-refractivity contribution in [3.63, 3.8) is 0 Å². The van der Waals surface area contributed by atoms with Gasteiger partial charge >= 0.3 is 0 Å². The van der Waals surface area contributed by atoms with E-state index in [1.807, 2.05) is 12.1 Å². The van der Waals surface area contributed by atoms with Crippen LogP contribution in [-0.4, -0.2) is 30.0 Å².